The zero-order valence-corrected chi connectivity index (χ0v) is 17.3. The summed E-state index contributed by atoms with van der Waals surface area (Å²) in [7, 11) is 0. The number of hydrogen-bond acceptors (Lipinski definition) is 4. The zero-order valence-electron chi connectivity index (χ0n) is 15.7. The van der Waals surface area contributed by atoms with Crippen LogP contribution in [-0.4, -0.2) is 24.2 Å². The minimum atomic E-state index is -0.539. The van der Waals surface area contributed by atoms with E-state index in [-0.39, 0.29) is 29.2 Å². The van der Waals surface area contributed by atoms with Crippen LogP contribution in [0, 0.1) is 5.82 Å². The molecule has 0 aliphatic carbocycles. The molecule has 0 aliphatic heterocycles. The first-order chi connectivity index (χ1) is 14.5. The Kier molecular flexibility index (Phi) is 7.70. The van der Waals surface area contributed by atoms with Crippen molar-refractivity contribution in [2.45, 2.75) is 4.90 Å². The predicted octanol–water partition coefficient (Wildman–Crippen LogP) is 5.23. The van der Waals surface area contributed by atoms with E-state index >= 15 is 0 Å². The van der Waals surface area contributed by atoms with E-state index in [0.717, 1.165) is 4.90 Å². The Morgan fingerprint density at radius 2 is 1.57 bits per heavy atom. The quantitative estimate of drug-likeness (QED) is 0.467. The van der Waals surface area contributed by atoms with Gasteiger partial charge in [0, 0.05) is 16.3 Å². The standard InChI is InChI=1S/C22H18ClFN2O3S/c23-19-12-16(8-11-20(19)24)26-22(28)14-30-18-9-6-15(7-10-18)25-21(27)13-29-17-4-2-1-3-5-17/h1-12H,13-14H2,(H,25,27)(H,26,28). The normalized spacial score (nSPS) is 10.3. The van der Waals surface area contributed by atoms with Gasteiger partial charge in [0.2, 0.25) is 5.91 Å². The third kappa shape index (κ3) is 6.79. The first kappa shape index (κ1) is 21.7. The number of para-hydroxylation sites is 1. The molecule has 0 saturated heterocycles. The zero-order chi connectivity index (χ0) is 21.3. The average molecular weight is 445 g/mol. The topological polar surface area (TPSA) is 67.4 Å². The monoisotopic (exact) mass is 444 g/mol. The lowest BCUT2D eigenvalue weighted by Crippen LogP contribution is -2.20. The molecule has 2 N–H and O–H groups in total. The van der Waals surface area contributed by atoms with Gasteiger partial charge in [-0.2, -0.15) is 0 Å². The Balaban J connectivity index is 1.43. The van der Waals surface area contributed by atoms with Crippen molar-refractivity contribution in [3.63, 3.8) is 0 Å². The molecule has 5 nitrogen and oxygen atoms in total. The van der Waals surface area contributed by atoms with Crippen LogP contribution in [0.1, 0.15) is 0 Å². The average Bonchev–Trinajstić information content (AvgIpc) is 2.75. The third-order valence-electron chi connectivity index (χ3n) is 3.82. The van der Waals surface area contributed by atoms with E-state index in [4.69, 9.17) is 16.3 Å². The second-order valence-corrected chi connectivity index (χ2v) is 7.60. The Labute approximate surface area is 182 Å². The molecule has 0 saturated carbocycles. The molecule has 0 spiro atoms. The van der Waals surface area contributed by atoms with Crippen molar-refractivity contribution >= 4 is 46.6 Å². The fraction of sp³-hybridized carbons (Fsp3) is 0.0909. The fourth-order valence-corrected chi connectivity index (χ4v) is 3.30. The molecule has 0 radical (unpaired) electrons. The molecule has 3 rings (SSSR count). The third-order valence-corrected chi connectivity index (χ3v) is 5.13. The molecule has 0 heterocycles. The van der Waals surface area contributed by atoms with Gasteiger partial charge >= 0.3 is 0 Å². The van der Waals surface area contributed by atoms with Gasteiger partial charge in [0.25, 0.3) is 5.91 Å². The number of thioether (sulfide) groups is 1. The fourth-order valence-electron chi connectivity index (χ4n) is 2.42. The first-order valence-corrected chi connectivity index (χ1v) is 10.3. The van der Waals surface area contributed by atoms with Crippen LogP contribution in [0.2, 0.25) is 5.02 Å². The second-order valence-electron chi connectivity index (χ2n) is 6.14. The Morgan fingerprint density at radius 1 is 0.900 bits per heavy atom. The van der Waals surface area contributed by atoms with Crippen LogP contribution in [0.25, 0.3) is 0 Å². The van der Waals surface area contributed by atoms with Crippen molar-refractivity contribution in [2.75, 3.05) is 23.0 Å². The molecular weight excluding hydrogens is 427 g/mol. The van der Waals surface area contributed by atoms with Crippen LogP contribution in [0.5, 0.6) is 5.75 Å². The van der Waals surface area contributed by atoms with E-state index in [9.17, 15) is 14.0 Å². The molecule has 30 heavy (non-hydrogen) atoms. The maximum Gasteiger partial charge on any atom is 0.262 e. The summed E-state index contributed by atoms with van der Waals surface area (Å²) in [4.78, 5) is 24.9. The molecule has 0 unspecified atom stereocenters. The van der Waals surface area contributed by atoms with E-state index in [0.29, 0.717) is 17.1 Å². The second kappa shape index (κ2) is 10.7. The molecular formula is C22H18ClFN2O3S. The van der Waals surface area contributed by atoms with Crippen molar-refractivity contribution in [3.8, 4) is 5.75 Å². The number of rotatable bonds is 8. The van der Waals surface area contributed by atoms with Crippen LogP contribution in [0.15, 0.2) is 77.7 Å². The molecule has 0 aromatic heterocycles. The Morgan fingerprint density at radius 3 is 2.27 bits per heavy atom. The van der Waals surface area contributed by atoms with Gasteiger partial charge in [-0.15, -0.1) is 11.8 Å². The number of anilines is 2. The van der Waals surface area contributed by atoms with Gasteiger partial charge < -0.3 is 15.4 Å². The number of hydrogen-bond donors (Lipinski definition) is 2. The maximum absolute atomic E-state index is 13.2. The molecule has 2 amide bonds. The van der Waals surface area contributed by atoms with Crippen molar-refractivity contribution in [1.29, 1.82) is 0 Å². The lowest BCUT2D eigenvalue weighted by molar-refractivity contribution is -0.118. The van der Waals surface area contributed by atoms with Gasteiger partial charge in [0.1, 0.15) is 11.6 Å². The number of benzene rings is 3. The maximum atomic E-state index is 13.2. The number of carbonyl (C=O) groups is 2. The molecule has 8 heteroatoms. The van der Waals surface area contributed by atoms with Crippen LogP contribution < -0.4 is 15.4 Å². The van der Waals surface area contributed by atoms with E-state index in [1.165, 1.54) is 30.0 Å². The molecule has 0 bridgehead atoms. The number of carbonyl (C=O) groups excluding carboxylic acids is 2. The molecule has 0 atom stereocenters. The lowest BCUT2D eigenvalue weighted by atomic mass is 10.3. The largest absolute Gasteiger partial charge is 0.484 e. The number of halogens is 2. The van der Waals surface area contributed by atoms with Gasteiger partial charge in [-0.25, -0.2) is 4.39 Å². The summed E-state index contributed by atoms with van der Waals surface area (Å²) < 4.78 is 18.6. The van der Waals surface area contributed by atoms with Gasteiger partial charge in [0.05, 0.1) is 10.8 Å². The minimum absolute atomic E-state index is 0.0488. The summed E-state index contributed by atoms with van der Waals surface area (Å²) in [6, 6.07) is 20.2. The van der Waals surface area contributed by atoms with Crippen molar-refractivity contribution in [1.82, 2.24) is 0 Å². The highest BCUT2D eigenvalue weighted by molar-refractivity contribution is 8.00. The summed E-state index contributed by atoms with van der Waals surface area (Å²) in [5, 5.41) is 5.37. The molecule has 3 aromatic rings. The summed E-state index contributed by atoms with van der Waals surface area (Å²) in [5.74, 6) is -0.246. The minimum Gasteiger partial charge on any atom is -0.484 e. The SMILES string of the molecule is O=C(COc1ccccc1)Nc1ccc(SCC(=O)Nc2ccc(F)c(Cl)c2)cc1. The lowest BCUT2D eigenvalue weighted by Gasteiger charge is -2.08. The van der Waals surface area contributed by atoms with Gasteiger partial charge in [0.15, 0.2) is 6.61 Å². The number of nitrogens with one attached hydrogen (secondary N) is 2. The predicted molar refractivity (Wildman–Crippen MR) is 118 cm³/mol. The molecule has 3 aromatic carbocycles. The van der Waals surface area contributed by atoms with Gasteiger partial charge in [-0.1, -0.05) is 29.8 Å². The highest BCUT2D eigenvalue weighted by Crippen LogP contribution is 2.22. The Hall–Kier alpha value is -3.03. The summed E-state index contributed by atoms with van der Waals surface area (Å²) in [6.45, 7) is -0.0892. The van der Waals surface area contributed by atoms with E-state index in [2.05, 4.69) is 10.6 Å². The van der Waals surface area contributed by atoms with E-state index in [1.807, 2.05) is 18.2 Å². The van der Waals surface area contributed by atoms with Gasteiger partial charge in [-0.3, -0.25) is 9.59 Å². The molecule has 0 aliphatic rings. The molecule has 0 fully saturated rings. The van der Waals surface area contributed by atoms with Crippen LogP contribution in [0.3, 0.4) is 0 Å². The Bertz CT molecular complexity index is 1020. The number of amides is 2. The smallest absolute Gasteiger partial charge is 0.262 e. The summed E-state index contributed by atoms with van der Waals surface area (Å²) >= 11 is 7.04. The number of ether oxygens (including phenoxy) is 1. The van der Waals surface area contributed by atoms with Crippen molar-refractivity contribution < 1.29 is 18.7 Å². The van der Waals surface area contributed by atoms with Crippen LogP contribution in [0.4, 0.5) is 15.8 Å². The van der Waals surface area contributed by atoms with Crippen LogP contribution in [-0.2, 0) is 9.59 Å². The highest BCUT2D eigenvalue weighted by atomic mass is 35.5. The van der Waals surface area contributed by atoms with E-state index < -0.39 is 5.82 Å². The first-order valence-electron chi connectivity index (χ1n) is 8.95. The van der Waals surface area contributed by atoms with E-state index in [1.54, 1.807) is 36.4 Å². The van der Waals surface area contributed by atoms with Crippen molar-refractivity contribution in [3.05, 3.63) is 83.6 Å². The van der Waals surface area contributed by atoms with Crippen LogP contribution >= 0.6 is 23.4 Å². The van der Waals surface area contributed by atoms with Gasteiger partial charge in [-0.05, 0) is 54.6 Å². The highest BCUT2D eigenvalue weighted by Gasteiger charge is 2.07. The summed E-state index contributed by atoms with van der Waals surface area (Å²) in [6.07, 6.45) is 0. The molecule has 154 valence electrons. The summed E-state index contributed by atoms with van der Waals surface area (Å²) in [5.41, 5.74) is 1.06. The van der Waals surface area contributed by atoms with Crippen molar-refractivity contribution in [2.24, 2.45) is 0 Å².